The summed E-state index contributed by atoms with van der Waals surface area (Å²) in [5, 5.41) is 3.32. The molecule has 1 N–H and O–H groups in total. The summed E-state index contributed by atoms with van der Waals surface area (Å²) in [6.45, 7) is 5.04. The van der Waals surface area contributed by atoms with E-state index in [0.29, 0.717) is 6.04 Å². The molecule has 20 heavy (non-hydrogen) atoms. The molecule has 0 bridgehead atoms. The van der Waals surface area contributed by atoms with Crippen molar-refractivity contribution >= 4 is 5.95 Å². The van der Waals surface area contributed by atoms with Crippen molar-refractivity contribution in [2.45, 2.75) is 32.5 Å². The topological polar surface area (TPSA) is 33.1 Å². The van der Waals surface area contributed by atoms with Crippen molar-refractivity contribution in [1.29, 1.82) is 0 Å². The summed E-state index contributed by atoms with van der Waals surface area (Å²) in [7, 11) is 2.02. The number of nitrogens with zero attached hydrogens (tertiary/aromatic N) is 3. The van der Waals surface area contributed by atoms with E-state index in [1.54, 1.807) is 0 Å². The number of nitrogens with one attached hydrogen (secondary N) is 1. The van der Waals surface area contributed by atoms with E-state index >= 15 is 0 Å². The van der Waals surface area contributed by atoms with Crippen LogP contribution in [0.2, 0.25) is 0 Å². The maximum absolute atomic E-state index is 4.58. The summed E-state index contributed by atoms with van der Waals surface area (Å²) in [6.07, 6.45) is 5.04. The molecule has 0 amide bonds. The van der Waals surface area contributed by atoms with Gasteiger partial charge < -0.3 is 14.8 Å². The molecule has 1 atom stereocenters. The fourth-order valence-electron chi connectivity index (χ4n) is 3.05. The quantitative estimate of drug-likeness (QED) is 0.923. The molecule has 0 saturated carbocycles. The number of benzene rings is 1. The second kappa shape index (κ2) is 5.67. The Labute approximate surface area is 120 Å². The molecule has 1 aliphatic rings. The molecule has 0 spiro atoms. The van der Waals surface area contributed by atoms with Crippen molar-refractivity contribution < 1.29 is 0 Å². The van der Waals surface area contributed by atoms with Gasteiger partial charge in [0.2, 0.25) is 5.95 Å². The van der Waals surface area contributed by atoms with Crippen LogP contribution in [0.15, 0.2) is 36.7 Å². The number of fused-ring (bicyclic) bond motifs is 1. The van der Waals surface area contributed by atoms with E-state index in [1.165, 1.54) is 11.1 Å². The van der Waals surface area contributed by atoms with Crippen LogP contribution in [0.5, 0.6) is 0 Å². The molecular formula is C16H22N4. The van der Waals surface area contributed by atoms with E-state index in [2.05, 4.69) is 57.2 Å². The molecule has 1 aliphatic heterocycles. The molecule has 0 radical (unpaired) electrons. The third kappa shape index (κ3) is 2.31. The van der Waals surface area contributed by atoms with Crippen LogP contribution in [0, 0.1) is 0 Å². The van der Waals surface area contributed by atoms with Gasteiger partial charge in [0, 0.05) is 38.1 Å². The fraction of sp³-hybridized carbons (Fsp3) is 0.438. The largest absolute Gasteiger partial charge is 0.333 e. The molecule has 0 fully saturated rings. The van der Waals surface area contributed by atoms with Gasteiger partial charge >= 0.3 is 0 Å². The van der Waals surface area contributed by atoms with E-state index < -0.39 is 0 Å². The van der Waals surface area contributed by atoms with E-state index in [0.717, 1.165) is 32.0 Å². The van der Waals surface area contributed by atoms with E-state index in [1.807, 2.05) is 13.2 Å². The zero-order chi connectivity index (χ0) is 13.9. The zero-order valence-corrected chi connectivity index (χ0v) is 12.2. The second-order valence-electron chi connectivity index (χ2n) is 5.33. The Morgan fingerprint density at radius 2 is 2.10 bits per heavy atom. The summed E-state index contributed by atoms with van der Waals surface area (Å²) < 4.78 is 2.22. The highest BCUT2D eigenvalue weighted by Crippen LogP contribution is 2.27. The zero-order valence-electron chi connectivity index (χ0n) is 12.2. The molecule has 0 saturated heterocycles. The Kier molecular flexibility index (Phi) is 3.74. The standard InChI is InChI=1S/C16H22N4/c1-3-19-9-8-18-16(19)20-12-14-7-5-4-6-13(14)10-15(20)11-17-2/h4-9,15,17H,3,10-12H2,1-2H3. The Hall–Kier alpha value is -1.81. The van der Waals surface area contributed by atoms with E-state index in [9.17, 15) is 0 Å². The first-order valence-corrected chi connectivity index (χ1v) is 7.32. The van der Waals surface area contributed by atoms with Crippen LogP contribution in [0.25, 0.3) is 0 Å². The van der Waals surface area contributed by atoms with Crippen LogP contribution in [-0.2, 0) is 19.5 Å². The minimum Gasteiger partial charge on any atom is -0.333 e. The Balaban J connectivity index is 1.96. The van der Waals surface area contributed by atoms with Crippen molar-refractivity contribution in [2.75, 3.05) is 18.5 Å². The normalized spacial score (nSPS) is 18.1. The van der Waals surface area contributed by atoms with Gasteiger partial charge in [-0.2, -0.15) is 0 Å². The first-order valence-electron chi connectivity index (χ1n) is 7.32. The van der Waals surface area contributed by atoms with Crippen molar-refractivity contribution in [1.82, 2.24) is 14.9 Å². The van der Waals surface area contributed by atoms with Gasteiger partial charge in [0.15, 0.2) is 0 Å². The lowest BCUT2D eigenvalue weighted by atomic mass is 9.94. The highest BCUT2D eigenvalue weighted by atomic mass is 15.3. The average Bonchev–Trinajstić information content (AvgIpc) is 2.95. The van der Waals surface area contributed by atoms with Crippen LogP contribution in [0.1, 0.15) is 18.1 Å². The Morgan fingerprint density at radius 1 is 1.30 bits per heavy atom. The molecule has 1 aromatic carbocycles. The van der Waals surface area contributed by atoms with Gasteiger partial charge in [0.25, 0.3) is 0 Å². The number of likely N-dealkylation sites (N-methyl/N-ethyl adjacent to an activating group) is 1. The summed E-state index contributed by atoms with van der Waals surface area (Å²) >= 11 is 0. The van der Waals surface area contributed by atoms with Gasteiger partial charge in [-0.1, -0.05) is 24.3 Å². The SMILES string of the molecule is CCn1ccnc1N1Cc2ccccc2CC1CNC. The van der Waals surface area contributed by atoms with Crippen molar-refractivity contribution in [2.24, 2.45) is 0 Å². The highest BCUT2D eigenvalue weighted by Gasteiger charge is 2.27. The van der Waals surface area contributed by atoms with E-state index in [4.69, 9.17) is 0 Å². The predicted molar refractivity (Wildman–Crippen MR) is 81.9 cm³/mol. The van der Waals surface area contributed by atoms with Crippen LogP contribution in [0.4, 0.5) is 5.95 Å². The monoisotopic (exact) mass is 270 g/mol. The van der Waals surface area contributed by atoms with Gasteiger partial charge in [0.1, 0.15) is 0 Å². The van der Waals surface area contributed by atoms with E-state index in [-0.39, 0.29) is 0 Å². The summed E-state index contributed by atoms with van der Waals surface area (Å²) in [6, 6.07) is 9.21. The van der Waals surface area contributed by atoms with Gasteiger partial charge in [-0.05, 0) is 31.5 Å². The maximum atomic E-state index is 4.58. The molecule has 1 aromatic heterocycles. The molecule has 4 heteroatoms. The molecule has 1 unspecified atom stereocenters. The Morgan fingerprint density at radius 3 is 2.85 bits per heavy atom. The summed E-state index contributed by atoms with van der Waals surface area (Å²) in [5.74, 6) is 1.09. The molecule has 0 aliphatic carbocycles. The Bertz CT molecular complexity index is 575. The number of aromatic nitrogens is 2. The molecule has 2 heterocycles. The first kappa shape index (κ1) is 13.2. The third-order valence-electron chi connectivity index (χ3n) is 4.09. The summed E-state index contributed by atoms with van der Waals surface area (Å²) in [5.41, 5.74) is 2.89. The third-order valence-corrected chi connectivity index (χ3v) is 4.09. The van der Waals surface area contributed by atoms with Gasteiger partial charge in [-0.25, -0.2) is 4.98 Å². The lowest BCUT2D eigenvalue weighted by molar-refractivity contribution is 0.509. The van der Waals surface area contributed by atoms with Crippen LogP contribution < -0.4 is 10.2 Å². The van der Waals surface area contributed by atoms with Gasteiger partial charge in [-0.3, -0.25) is 0 Å². The van der Waals surface area contributed by atoms with Crippen molar-refractivity contribution in [3.63, 3.8) is 0 Å². The fourth-order valence-corrected chi connectivity index (χ4v) is 3.05. The van der Waals surface area contributed by atoms with Gasteiger partial charge in [0.05, 0.1) is 0 Å². The molecule has 4 nitrogen and oxygen atoms in total. The average molecular weight is 270 g/mol. The van der Waals surface area contributed by atoms with Crippen molar-refractivity contribution in [3.8, 4) is 0 Å². The number of imidazole rings is 1. The smallest absolute Gasteiger partial charge is 0.206 e. The number of rotatable bonds is 4. The first-order chi connectivity index (χ1) is 9.83. The number of anilines is 1. The molecule has 2 aromatic rings. The van der Waals surface area contributed by atoms with Gasteiger partial charge in [-0.15, -0.1) is 0 Å². The lowest BCUT2D eigenvalue weighted by Gasteiger charge is -2.37. The summed E-state index contributed by atoms with van der Waals surface area (Å²) in [4.78, 5) is 7.01. The van der Waals surface area contributed by atoms with Crippen LogP contribution in [-0.4, -0.2) is 29.2 Å². The number of hydrogen-bond acceptors (Lipinski definition) is 3. The predicted octanol–water partition coefficient (Wildman–Crippen LogP) is 2.05. The minimum atomic E-state index is 0.461. The molecule has 3 rings (SSSR count). The molecular weight excluding hydrogens is 248 g/mol. The lowest BCUT2D eigenvalue weighted by Crippen LogP contribution is -2.47. The maximum Gasteiger partial charge on any atom is 0.206 e. The number of aryl methyl sites for hydroxylation is 1. The highest BCUT2D eigenvalue weighted by molar-refractivity contribution is 5.42. The number of hydrogen-bond donors (Lipinski definition) is 1. The second-order valence-corrected chi connectivity index (χ2v) is 5.33. The van der Waals surface area contributed by atoms with Crippen molar-refractivity contribution in [3.05, 3.63) is 47.8 Å². The minimum absolute atomic E-state index is 0.461. The van der Waals surface area contributed by atoms with Crippen LogP contribution >= 0.6 is 0 Å². The molecule has 106 valence electrons. The van der Waals surface area contributed by atoms with Crippen LogP contribution in [0.3, 0.4) is 0 Å².